The Balaban J connectivity index is 1.78. The minimum atomic E-state index is -0.888. The molecule has 3 rings (SSSR count). The largest absolute Gasteiger partial charge is 0.550 e. The maximum absolute atomic E-state index is 11.9. The monoisotopic (exact) mass is 456 g/mol. The number of amides is 1. The highest BCUT2D eigenvalue weighted by atomic mass is 16.5. The Morgan fingerprint density at radius 3 is 2.45 bits per heavy atom. The van der Waals surface area contributed by atoms with Crippen LogP contribution in [0.15, 0.2) is 18.2 Å². The van der Waals surface area contributed by atoms with Gasteiger partial charge in [-0.25, -0.2) is 0 Å². The first-order valence-corrected chi connectivity index (χ1v) is 13.0. The summed E-state index contributed by atoms with van der Waals surface area (Å²) in [5.74, 6) is -0.841. The van der Waals surface area contributed by atoms with Gasteiger partial charge in [0.05, 0.1) is 6.10 Å². The van der Waals surface area contributed by atoms with Gasteiger partial charge >= 0.3 is 0 Å². The lowest BCUT2D eigenvalue weighted by Gasteiger charge is -2.49. The predicted molar refractivity (Wildman–Crippen MR) is 129 cm³/mol. The molecule has 0 aliphatic heterocycles. The molecule has 1 saturated carbocycles. The molecule has 0 heterocycles. The second-order valence-corrected chi connectivity index (χ2v) is 10.4. The molecule has 2 aliphatic rings. The van der Waals surface area contributed by atoms with Crippen molar-refractivity contribution < 1.29 is 19.4 Å². The minimum absolute atomic E-state index is 0.0802. The van der Waals surface area contributed by atoms with Crippen molar-refractivity contribution in [1.29, 1.82) is 0 Å². The predicted octanol–water partition coefficient (Wildman–Crippen LogP) is 4.54. The van der Waals surface area contributed by atoms with E-state index in [1.54, 1.807) is 7.11 Å². The number of carboxylic acids is 1. The standard InChI is InChI=1S/C28H43NO4/c1-4-28(5-2)23(13-9-12-22(27(31)32)16-19-10-7-6-8-11-19)25(33-3)18-20-14-15-21(26(29)30)17-24(20)28/h14-15,17,19,22-23,25H,4-13,16,18H2,1-3H3,(H2,29,30)(H,31,32)/p-1/t22-,23-,25+/m1/s1. The minimum Gasteiger partial charge on any atom is -0.550 e. The summed E-state index contributed by atoms with van der Waals surface area (Å²) in [6, 6.07) is 5.85. The van der Waals surface area contributed by atoms with Crippen LogP contribution in [0, 0.1) is 17.8 Å². The highest BCUT2D eigenvalue weighted by Crippen LogP contribution is 2.49. The van der Waals surface area contributed by atoms with Gasteiger partial charge in [0.1, 0.15) is 0 Å². The molecule has 5 heteroatoms. The molecule has 3 atom stereocenters. The molecule has 1 amide bonds. The number of carbonyl (C=O) groups excluding carboxylic acids is 2. The lowest BCUT2D eigenvalue weighted by Crippen LogP contribution is -2.47. The maximum Gasteiger partial charge on any atom is 0.248 e. The molecule has 184 valence electrons. The van der Waals surface area contributed by atoms with Crippen LogP contribution in [0.25, 0.3) is 0 Å². The quantitative estimate of drug-likeness (QED) is 0.529. The van der Waals surface area contributed by atoms with Gasteiger partial charge in [-0.05, 0) is 79.5 Å². The van der Waals surface area contributed by atoms with Crippen molar-refractivity contribution in [2.75, 3.05) is 7.11 Å². The van der Waals surface area contributed by atoms with Crippen molar-refractivity contribution in [3.63, 3.8) is 0 Å². The summed E-state index contributed by atoms with van der Waals surface area (Å²) in [4.78, 5) is 23.8. The molecular formula is C28H42NO4-. The molecule has 1 aromatic rings. The summed E-state index contributed by atoms with van der Waals surface area (Å²) in [6.45, 7) is 4.42. The zero-order valence-corrected chi connectivity index (χ0v) is 20.7. The number of benzene rings is 1. The molecule has 5 nitrogen and oxygen atoms in total. The van der Waals surface area contributed by atoms with Crippen molar-refractivity contribution in [3.05, 3.63) is 34.9 Å². The number of hydrogen-bond acceptors (Lipinski definition) is 4. The second kappa shape index (κ2) is 11.5. The third-order valence-electron chi connectivity index (χ3n) is 8.82. The fraction of sp³-hybridized carbons (Fsp3) is 0.714. The molecule has 0 radical (unpaired) electrons. The van der Waals surface area contributed by atoms with E-state index in [2.05, 4.69) is 13.8 Å². The number of nitrogens with two attached hydrogens (primary N) is 1. The molecule has 0 bridgehead atoms. The van der Waals surface area contributed by atoms with E-state index >= 15 is 0 Å². The van der Waals surface area contributed by atoms with Crippen LogP contribution in [0.4, 0.5) is 0 Å². The average molecular weight is 457 g/mol. The fourth-order valence-electron chi connectivity index (χ4n) is 6.89. The number of carbonyl (C=O) groups is 2. The Morgan fingerprint density at radius 1 is 1.18 bits per heavy atom. The maximum atomic E-state index is 11.9. The van der Waals surface area contributed by atoms with Gasteiger partial charge < -0.3 is 20.4 Å². The number of carboxylic acid groups (broad SMARTS) is 1. The molecule has 1 aromatic carbocycles. The molecule has 2 N–H and O–H groups in total. The van der Waals surface area contributed by atoms with Crippen LogP contribution in [0.5, 0.6) is 0 Å². The lowest BCUT2D eigenvalue weighted by molar-refractivity contribution is -0.312. The Labute approximate surface area is 199 Å². The number of hydrogen-bond donors (Lipinski definition) is 1. The van der Waals surface area contributed by atoms with Gasteiger partial charge in [0.2, 0.25) is 5.91 Å². The van der Waals surface area contributed by atoms with Crippen molar-refractivity contribution >= 4 is 11.9 Å². The zero-order chi connectivity index (χ0) is 24.0. The van der Waals surface area contributed by atoms with Gasteiger partial charge in [-0.15, -0.1) is 0 Å². The van der Waals surface area contributed by atoms with Crippen LogP contribution in [-0.4, -0.2) is 25.1 Å². The highest BCUT2D eigenvalue weighted by molar-refractivity contribution is 5.93. The second-order valence-electron chi connectivity index (χ2n) is 10.4. The summed E-state index contributed by atoms with van der Waals surface area (Å²) in [5.41, 5.74) is 8.50. The highest BCUT2D eigenvalue weighted by Gasteiger charge is 2.46. The van der Waals surface area contributed by atoms with Crippen LogP contribution in [0.1, 0.15) is 106 Å². The van der Waals surface area contributed by atoms with E-state index < -0.39 is 11.9 Å². The van der Waals surface area contributed by atoms with Crippen molar-refractivity contribution in [3.8, 4) is 0 Å². The Kier molecular flexibility index (Phi) is 8.97. The van der Waals surface area contributed by atoms with E-state index in [-0.39, 0.29) is 23.4 Å². The number of fused-ring (bicyclic) bond motifs is 1. The smallest absolute Gasteiger partial charge is 0.248 e. The Bertz CT molecular complexity index is 810. The lowest BCUT2D eigenvalue weighted by atomic mass is 9.58. The number of ether oxygens (including phenoxy) is 1. The van der Waals surface area contributed by atoms with Gasteiger partial charge in [0.15, 0.2) is 0 Å². The van der Waals surface area contributed by atoms with Crippen molar-refractivity contribution in [2.24, 2.45) is 23.5 Å². The van der Waals surface area contributed by atoms with E-state index in [1.807, 2.05) is 18.2 Å². The Morgan fingerprint density at radius 2 is 1.88 bits per heavy atom. The van der Waals surface area contributed by atoms with Gasteiger partial charge in [0, 0.05) is 24.1 Å². The molecule has 0 aromatic heterocycles. The van der Waals surface area contributed by atoms with Crippen molar-refractivity contribution in [1.82, 2.24) is 0 Å². The van der Waals surface area contributed by atoms with Crippen LogP contribution in [0.3, 0.4) is 0 Å². The molecule has 0 saturated heterocycles. The third kappa shape index (κ3) is 5.62. The summed E-state index contributed by atoms with van der Waals surface area (Å²) in [6.07, 6.45) is 12.0. The molecular weight excluding hydrogens is 414 g/mol. The molecule has 0 spiro atoms. The first kappa shape index (κ1) is 25.7. The first-order chi connectivity index (χ1) is 15.9. The third-order valence-corrected chi connectivity index (χ3v) is 8.82. The SMILES string of the molecule is CCC1(CC)c2cc(C(N)=O)ccc2C[C@H](OC)[C@H]1CCC[C@H](CC1CCCCC1)C(=O)[O-]. The zero-order valence-electron chi connectivity index (χ0n) is 20.7. The summed E-state index contributed by atoms with van der Waals surface area (Å²) >= 11 is 0. The van der Waals surface area contributed by atoms with E-state index in [9.17, 15) is 14.7 Å². The van der Waals surface area contributed by atoms with E-state index in [4.69, 9.17) is 10.5 Å². The molecule has 0 unspecified atom stereocenters. The van der Waals surface area contributed by atoms with E-state index in [1.165, 1.54) is 30.4 Å². The summed E-state index contributed by atoms with van der Waals surface area (Å²) in [5, 5.41) is 11.9. The average Bonchev–Trinajstić information content (AvgIpc) is 2.83. The number of aliphatic carboxylic acids is 1. The number of rotatable bonds is 11. The van der Waals surface area contributed by atoms with E-state index in [0.717, 1.165) is 51.4 Å². The van der Waals surface area contributed by atoms with Gasteiger partial charge in [0.25, 0.3) is 0 Å². The van der Waals surface area contributed by atoms with Gasteiger partial charge in [-0.3, -0.25) is 4.79 Å². The van der Waals surface area contributed by atoms with Gasteiger partial charge in [-0.1, -0.05) is 58.4 Å². The van der Waals surface area contributed by atoms with E-state index in [0.29, 0.717) is 17.9 Å². The van der Waals surface area contributed by atoms with Crippen molar-refractivity contribution in [2.45, 2.75) is 102 Å². The topological polar surface area (TPSA) is 92.5 Å². The molecule has 1 fully saturated rings. The normalized spacial score (nSPS) is 23.6. The summed E-state index contributed by atoms with van der Waals surface area (Å²) in [7, 11) is 1.78. The summed E-state index contributed by atoms with van der Waals surface area (Å²) < 4.78 is 6.00. The Hall–Kier alpha value is -1.88. The van der Waals surface area contributed by atoms with Gasteiger partial charge in [-0.2, -0.15) is 0 Å². The van der Waals surface area contributed by atoms with Crippen LogP contribution in [0.2, 0.25) is 0 Å². The molecule has 33 heavy (non-hydrogen) atoms. The van der Waals surface area contributed by atoms with Crippen LogP contribution in [-0.2, 0) is 21.4 Å². The van der Waals surface area contributed by atoms with Crippen LogP contribution < -0.4 is 10.8 Å². The first-order valence-electron chi connectivity index (χ1n) is 13.0. The molecule has 2 aliphatic carbocycles. The van der Waals surface area contributed by atoms with Crippen LogP contribution >= 0.6 is 0 Å². The number of methoxy groups -OCH3 is 1. The fourth-order valence-corrected chi connectivity index (χ4v) is 6.89. The number of primary amides is 1.